The van der Waals surface area contributed by atoms with Crippen LogP contribution in [0.5, 0.6) is 6.01 Å². The molecule has 0 aliphatic heterocycles. The molecule has 3 aromatic rings. The van der Waals surface area contributed by atoms with E-state index in [2.05, 4.69) is 19.9 Å². The molecule has 0 saturated heterocycles. The highest BCUT2D eigenvalue weighted by molar-refractivity contribution is 6.28. The highest BCUT2D eigenvalue weighted by Gasteiger charge is 2.07. The number of aromatic nitrogens is 5. The highest BCUT2D eigenvalue weighted by Crippen LogP contribution is 2.12. The van der Waals surface area contributed by atoms with Gasteiger partial charge in [-0.2, -0.15) is 15.0 Å². The van der Waals surface area contributed by atoms with E-state index in [1.807, 2.05) is 30.3 Å². The number of ether oxygens (including phenoxy) is 1. The van der Waals surface area contributed by atoms with E-state index in [1.54, 1.807) is 23.3 Å². The number of hydrogen-bond donors (Lipinski definition) is 0. The summed E-state index contributed by atoms with van der Waals surface area (Å²) in [5.74, 6) is 0.366. The minimum Gasteiger partial charge on any atom is -0.458 e. The largest absolute Gasteiger partial charge is 0.458 e. The zero-order chi connectivity index (χ0) is 13.8. The summed E-state index contributed by atoms with van der Waals surface area (Å²) in [7, 11) is 0. The van der Waals surface area contributed by atoms with E-state index in [4.69, 9.17) is 16.3 Å². The molecule has 1 aromatic carbocycles. The van der Waals surface area contributed by atoms with E-state index in [0.717, 1.165) is 5.56 Å². The van der Waals surface area contributed by atoms with E-state index in [-0.39, 0.29) is 11.3 Å². The first-order chi connectivity index (χ1) is 9.81. The van der Waals surface area contributed by atoms with Gasteiger partial charge in [0.2, 0.25) is 11.2 Å². The van der Waals surface area contributed by atoms with Crippen LogP contribution in [-0.4, -0.2) is 24.5 Å². The summed E-state index contributed by atoms with van der Waals surface area (Å²) >= 11 is 5.87. The molecule has 3 rings (SSSR count). The molecular weight excluding hydrogens is 278 g/mol. The topological polar surface area (TPSA) is 65.7 Å². The normalized spacial score (nSPS) is 10.4. The van der Waals surface area contributed by atoms with Crippen molar-refractivity contribution >= 4 is 11.6 Å². The van der Waals surface area contributed by atoms with Crippen molar-refractivity contribution in [3.05, 3.63) is 59.9 Å². The van der Waals surface area contributed by atoms with Crippen LogP contribution in [0, 0.1) is 0 Å². The molecule has 2 heterocycles. The Balaban J connectivity index is 1.80. The number of nitrogens with zero attached hydrogens (tertiary/aromatic N) is 5. The molecule has 0 spiro atoms. The van der Waals surface area contributed by atoms with Gasteiger partial charge in [-0.25, -0.2) is 4.98 Å². The standard InChI is InChI=1S/C13H10ClN5O/c14-11-16-12(19-7-6-15-9-19)18-13(17-11)20-8-10-4-2-1-3-5-10/h1-7,9H,8H2. The van der Waals surface area contributed by atoms with Crippen LogP contribution in [0.4, 0.5) is 0 Å². The highest BCUT2D eigenvalue weighted by atomic mass is 35.5. The Morgan fingerprint density at radius 3 is 2.70 bits per heavy atom. The minimum absolute atomic E-state index is 0.0757. The first-order valence-electron chi connectivity index (χ1n) is 5.88. The molecule has 100 valence electrons. The lowest BCUT2D eigenvalue weighted by atomic mass is 10.2. The van der Waals surface area contributed by atoms with Crippen molar-refractivity contribution in [2.45, 2.75) is 6.61 Å². The van der Waals surface area contributed by atoms with E-state index in [1.165, 1.54) is 0 Å². The van der Waals surface area contributed by atoms with Gasteiger partial charge in [0.15, 0.2) is 0 Å². The van der Waals surface area contributed by atoms with Crippen LogP contribution in [0.15, 0.2) is 49.1 Å². The van der Waals surface area contributed by atoms with E-state index in [9.17, 15) is 0 Å². The quantitative estimate of drug-likeness (QED) is 0.736. The molecule has 0 atom stereocenters. The monoisotopic (exact) mass is 287 g/mol. The summed E-state index contributed by atoms with van der Waals surface area (Å²) in [6.07, 6.45) is 4.92. The fourth-order valence-corrected chi connectivity index (χ4v) is 1.75. The van der Waals surface area contributed by atoms with Crippen LogP contribution in [0.25, 0.3) is 5.95 Å². The van der Waals surface area contributed by atoms with Crippen LogP contribution in [0.1, 0.15) is 5.56 Å². The van der Waals surface area contributed by atoms with Gasteiger partial charge in [0.1, 0.15) is 12.9 Å². The molecule has 0 radical (unpaired) electrons. The SMILES string of the molecule is Clc1nc(OCc2ccccc2)nc(-n2ccnc2)n1. The minimum atomic E-state index is 0.0757. The molecule has 0 aliphatic carbocycles. The molecule has 20 heavy (non-hydrogen) atoms. The van der Waals surface area contributed by atoms with E-state index in [0.29, 0.717) is 12.6 Å². The first-order valence-corrected chi connectivity index (χ1v) is 6.26. The first kappa shape index (κ1) is 12.6. The smallest absolute Gasteiger partial charge is 0.322 e. The molecule has 7 heteroatoms. The Hall–Kier alpha value is -2.47. The third kappa shape index (κ3) is 2.92. The average molecular weight is 288 g/mol. The van der Waals surface area contributed by atoms with Crippen LogP contribution in [0.3, 0.4) is 0 Å². The van der Waals surface area contributed by atoms with Crippen molar-refractivity contribution in [2.24, 2.45) is 0 Å². The van der Waals surface area contributed by atoms with E-state index < -0.39 is 0 Å². The lowest BCUT2D eigenvalue weighted by Gasteiger charge is -2.06. The number of hydrogen-bond acceptors (Lipinski definition) is 5. The molecule has 0 fully saturated rings. The summed E-state index contributed by atoms with van der Waals surface area (Å²) in [5.41, 5.74) is 1.02. The van der Waals surface area contributed by atoms with E-state index >= 15 is 0 Å². The van der Waals surface area contributed by atoms with Crippen molar-refractivity contribution in [2.75, 3.05) is 0 Å². The number of imidazole rings is 1. The lowest BCUT2D eigenvalue weighted by Crippen LogP contribution is -2.05. The van der Waals surface area contributed by atoms with Gasteiger partial charge in [-0.3, -0.25) is 4.57 Å². The van der Waals surface area contributed by atoms with Gasteiger partial charge in [-0.15, -0.1) is 0 Å². The second-order valence-electron chi connectivity index (χ2n) is 3.93. The Kier molecular flexibility index (Phi) is 3.56. The zero-order valence-corrected chi connectivity index (χ0v) is 11.1. The zero-order valence-electron chi connectivity index (χ0n) is 10.3. The number of rotatable bonds is 4. The van der Waals surface area contributed by atoms with Gasteiger partial charge in [0.25, 0.3) is 0 Å². The summed E-state index contributed by atoms with van der Waals surface area (Å²) in [5, 5.41) is 0.0757. The number of benzene rings is 1. The summed E-state index contributed by atoms with van der Waals surface area (Å²) in [4.78, 5) is 16.1. The summed E-state index contributed by atoms with van der Waals surface area (Å²) < 4.78 is 7.16. The van der Waals surface area contributed by atoms with Gasteiger partial charge in [0.05, 0.1) is 0 Å². The molecule has 0 unspecified atom stereocenters. The second kappa shape index (κ2) is 5.66. The maximum Gasteiger partial charge on any atom is 0.322 e. The van der Waals surface area contributed by atoms with Gasteiger partial charge < -0.3 is 4.74 Å². The third-order valence-electron chi connectivity index (χ3n) is 2.52. The van der Waals surface area contributed by atoms with Crippen molar-refractivity contribution in [1.29, 1.82) is 0 Å². The summed E-state index contributed by atoms with van der Waals surface area (Å²) in [6, 6.07) is 9.92. The third-order valence-corrected chi connectivity index (χ3v) is 2.69. The van der Waals surface area contributed by atoms with Gasteiger partial charge in [0, 0.05) is 12.4 Å². The van der Waals surface area contributed by atoms with Crippen molar-refractivity contribution in [3.8, 4) is 12.0 Å². The number of halogens is 1. The molecule has 0 bridgehead atoms. The Bertz CT molecular complexity index is 687. The molecule has 6 nitrogen and oxygen atoms in total. The van der Waals surface area contributed by atoms with Gasteiger partial charge in [-0.05, 0) is 17.2 Å². The predicted molar refractivity (Wildman–Crippen MR) is 72.7 cm³/mol. The predicted octanol–water partition coefficient (Wildman–Crippen LogP) is 2.29. The maximum atomic E-state index is 5.87. The lowest BCUT2D eigenvalue weighted by molar-refractivity contribution is 0.279. The van der Waals surface area contributed by atoms with Gasteiger partial charge >= 0.3 is 6.01 Å². The van der Waals surface area contributed by atoms with Gasteiger partial charge in [-0.1, -0.05) is 30.3 Å². The van der Waals surface area contributed by atoms with Crippen LogP contribution in [0.2, 0.25) is 5.28 Å². The molecule has 0 saturated carbocycles. The van der Waals surface area contributed by atoms with Crippen molar-refractivity contribution in [1.82, 2.24) is 24.5 Å². The average Bonchev–Trinajstić information content (AvgIpc) is 3.00. The Labute approximate surface area is 120 Å². The fourth-order valence-electron chi connectivity index (χ4n) is 1.60. The van der Waals surface area contributed by atoms with Crippen LogP contribution in [-0.2, 0) is 6.61 Å². The van der Waals surface area contributed by atoms with Crippen LogP contribution >= 0.6 is 11.6 Å². The van der Waals surface area contributed by atoms with Crippen molar-refractivity contribution in [3.63, 3.8) is 0 Å². The maximum absolute atomic E-state index is 5.87. The van der Waals surface area contributed by atoms with Crippen LogP contribution < -0.4 is 4.74 Å². The molecule has 0 amide bonds. The second-order valence-corrected chi connectivity index (χ2v) is 4.27. The molecule has 0 N–H and O–H groups in total. The summed E-state index contributed by atoms with van der Waals surface area (Å²) in [6.45, 7) is 0.366. The Morgan fingerprint density at radius 1 is 1.10 bits per heavy atom. The molecular formula is C13H10ClN5O. The molecule has 2 aromatic heterocycles. The molecule has 0 aliphatic rings. The van der Waals surface area contributed by atoms with Crippen molar-refractivity contribution < 1.29 is 4.74 Å². The fraction of sp³-hybridized carbons (Fsp3) is 0.0769. The Morgan fingerprint density at radius 2 is 1.95 bits per heavy atom.